The van der Waals surface area contributed by atoms with Crippen LogP contribution in [0.1, 0.15) is 20.3 Å². The zero-order valence-corrected chi connectivity index (χ0v) is 11.0. The lowest BCUT2D eigenvalue weighted by molar-refractivity contribution is -0.124. The lowest BCUT2D eigenvalue weighted by Gasteiger charge is -2.24. The molecule has 1 fully saturated rings. The van der Waals surface area contributed by atoms with Crippen LogP contribution in [0.2, 0.25) is 0 Å². The van der Waals surface area contributed by atoms with E-state index >= 15 is 0 Å². The van der Waals surface area contributed by atoms with Gasteiger partial charge in [-0.15, -0.1) is 12.4 Å². The highest BCUT2D eigenvalue weighted by atomic mass is 35.5. The van der Waals surface area contributed by atoms with E-state index in [1.807, 2.05) is 13.8 Å². The van der Waals surface area contributed by atoms with E-state index in [0.29, 0.717) is 6.54 Å². The minimum absolute atomic E-state index is 0. The molecule has 4 nitrogen and oxygen atoms in total. The summed E-state index contributed by atoms with van der Waals surface area (Å²) in [6, 6.07) is -0.803. The molecule has 0 bridgehead atoms. The van der Waals surface area contributed by atoms with Gasteiger partial charge in [0.05, 0.1) is 18.2 Å². The third-order valence-electron chi connectivity index (χ3n) is 2.67. The maximum atomic E-state index is 12.8. The number of carbonyl (C=O) groups is 1. The highest BCUT2D eigenvalue weighted by Crippen LogP contribution is 2.25. The Kier molecular flexibility index (Phi) is 5.77. The number of hydrogen-bond donors (Lipinski definition) is 2. The van der Waals surface area contributed by atoms with E-state index in [2.05, 4.69) is 10.6 Å². The van der Waals surface area contributed by atoms with Crippen molar-refractivity contribution in [3.05, 3.63) is 0 Å². The van der Waals surface area contributed by atoms with Crippen LogP contribution in [0, 0.1) is 0 Å². The highest BCUT2D eigenvalue weighted by molar-refractivity contribution is 5.85. The molecular weight excluding hydrogens is 254 g/mol. The highest BCUT2D eigenvalue weighted by Gasteiger charge is 2.42. The molecule has 1 rings (SSSR count). The van der Waals surface area contributed by atoms with E-state index in [9.17, 15) is 13.6 Å². The molecule has 17 heavy (non-hydrogen) atoms. The van der Waals surface area contributed by atoms with Gasteiger partial charge in [-0.05, 0) is 13.8 Å². The third kappa shape index (κ3) is 5.14. The van der Waals surface area contributed by atoms with Gasteiger partial charge in [0.15, 0.2) is 0 Å². The number of ether oxygens (including phenoxy) is 1. The van der Waals surface area contributed by atoms with Gasteiger partial charge in [0.2, 0.25) is 5.91 Å². The van der Waals surface area contributed by atoms with Gasteiger partial charge >= 0.3 is 0 Å². The fourth-order valence-corrected chi connectivity index (χ4v) is 1.40. The van der Waals surface area contributed by atoms with E-state index in [1.165, 1.54) is 7.11 Å². The van der Waals surface area contributed by atoms with Crippen LogP contribution < -0.4 is 10.6 Å². The van der Waals surface area contributed by atoms with Crippen molar-refractivity contribution in [2.75, 3.05) is 20.2 Å². The second-order valence-corrected chi connectivity index (χ2v) is 4.68. The molecule has 7 heteroatoms. The number of hydrogen-bond acceptors (Lipinski definition) is 3. The Morgan fingerprint density at radius 2 is 2.18 bits per heavy atom. The first kappa shape index (κ1) is 16.5. The maximum absolute atomic E-state index is 12.8. The molecule has 1 atom stereocenters. The van der Waals surface area contributed by atoms with Crippen LogP contribution in [0.5, 0.6) is 0 Å². The summed E-state index contributed by atoms with van der Waals surface area (Å²) in [6.45, 7) is 3.48. The Balaban J connectivity index is 0.00000256. The van der Waals surface area contributed by atoms with Gasteiger partial charge in [-0.2, -0.15) is 0 Å². The largest absolute Gasteiger partial charge is 0.377 e. The number of amides is 1. The van der Waals surface area contributed by atoms with Crippen LogP contribution in [0.15, 0.2) is 0 Å². The molecule has 1 aliphatic rings. The molecule has 1 heterocycles. The zero-order valence-electron chi connectivity index (χ0n) is 10.2. The minimum atomic E-state index is -2.78. The summed E-state index contributed by atoms with van der Waals surface area (Å²) < 4.78 is 30.8. The molecule has 1 aliphatic heterocycles. The third-order valence-corrected chi connectivity index (χ3v) is 2.67. The molecule has 0 aliphatic carbocycles. The minimum Gasteiger partial charge on any atom is -0.377 e. The van der Waals surface area contributed by atoms with Crippen molar-refractivity contribution in [3.63, 3.8) is 0 Å². The van der Waals surface area contributed by atoms with Crippen molar-refractivity contribution in [2.45, 2.75) is 37.8 Å². The molecule has 1 unspecified atom stereocenters. The summed E-state index contributed by atoms with van der Waals surface area (Å²) in [5, 5.41) is 5.09. The van der Waals surface area contributed by atoms with Crippen molar-refractivity contribution in [3.8, 4) is 0 Å². The molecule has 0 aromatic heterocycles. The predicted octanol–water partition coefficient (Wildman–Crippen LogP) is 0.947. The van der Waals surface area contributed by atoms with E-state index in [-0.39, 0.29) is 12.4 Å². The van der Waals surface area contributed by atoms with E-state index in [0.717, 1.165) is 0 Å². The van der Waals surface area contributed by atoms with Gasteiger partial charge in [0.1, 0.15) is 0 Å². The summed E-state index contributed by atoms with van der Waals surface area (Å²) in [5.74, 6) is -3.18. The molecule has 0 radical (unpaired) electrons. The number of methoxy groups -OCH3 is 1. The molecule has 1 amide bonds. The average Bonchev–Trinajstić information content (AvgIpc) is 2.55. The monoisotopic (exact) mass is 272 g/mol. The number of rotatable bonds is 4. The predicted molar refractivity (Wildman–Crippen MR) is 62.7 cm³/mol. The van der Waals surface area contributed by atoms with Crippen LogP contribution >= 0.6 is 12.4 Å². The smallest absolute Gasteiger partial charge is 0.262 e. The van der Waals surface area contributed by atoms with Gasteiger partial charge in [-0.1, -0.05) is 0 Å². The van der Waals surface area contributed by atoms with E-state index < -0.39 is 36.4 Å². The fraction of sp³-hybridized carbons (Fsp3) is 0.900. The van der Waals surface area contributed by atoms with Crippen molar-refractivity contribution in [1.82, 2.24) is 10.6 Å². The maximum Gasteiger partial charge on any atom is 0.262 e. The van der Waals surface area contributed by atoms with Crippen molar-refractivity contribution < 1.29 is 18.3 Å². The Bertz CT molecular complexity index is 275. The number of alkyl halides is 2. The van der Waals surface area contributed by atoms with Crippen LogP contribution in [-0.2, 0) is 9.53 Å². The first-order valence-electron chi connectivity index (χ1n) is 5.20. The second kappa shape index (κ2) is 5.93. The normalized spacial score (nSPS) is 23.0. The van der Waals surface area contributed by atoms with Gasteiger partial charge < -0.3 is 10.1 Å². The SMILES string of the molecule is COC(C)(C)CNC(=O)C1CC(F)(F)CN1.Cl. The molecule has 0 aromatic carbocycles. The van der Waals surface area contributed by atoms with Gasteiger partial charge in [0.25, 0.3) is 5.92 Å². The Hall–Kier alpha value is -0.460. The average molecular weight is 273 g/mol. The Morgan fingerprint density at radius 1 is 1.59 bits per heavy atom. The molecule has 102 valence electrons. The summed E-state index contributed by atoms with van der Waals surface area (Å²) >= 11 is 0. The molecule has 0 spiro atoms. The van der Waals surface area contributed by atoms with Crippen LogP contribution in [0.3, 0.4) is 0 Å². The fourth-order valence-electron chi connectivity index (χ4n) is 1.40. The van der Waals surface area contributed by atoms with Crippen LogP contribution in [-0.4, -0.2) is 43.7 Å². The molecular formula is C10H19ClF2N2O2. The number of halogens is 3. The van der Waals surface area contributed by atoms with Crippen molar-refractivity contribution in [1.29, 1.82) is 0 Å². The van der Waals surface area contributed by atoms with Gasteiger partial charge in [-0.25, -0.2) is 8.78 Å². The molecule has 0 aromatic rings. The van der Waals surface area contributed by atoms with Crippen molar-refractivity contribution in [2.24, 2.45) is 0 Å². The topological polar surface area (TPSA) is 50.4 Å². The first-order chi connectivity index (χ1) is 7.26. The van der Waals surface area contributed by atoms with Gasteiger partial charge in [0, 0.05) is 20.1 Å². The summed E-state index contributed by atoms with van der Waals surface area (Å²) in [6.07, 6.45) is -0.438. The number of nitrogens with one attached hydrogen (secondary N) is 2. The lowest BCUT2D eigenvalue weighted by Crippen LogP contribution is -2.46. The van der Waals surface area contributed by atoms with E-state index in [4.69, 9.17) is 4.74 Å². The molecule has 1 saturated heterocycles. The lowest BCUT2D eigenvalue weighted by atomic mass is 10.1. The van der Waals surface area contributed by atoms with Gasteiger partial charge in [-0.3, -0.25) is 10.1 Å². The Labute approximate surface area is 106 Å². The standard InChI is InChI=1S/C10H18F2N2O2.ClH/c1-9(2,16-3)5-14-8(15)7-4-10(11,12)6-13-7;/h7,13H,4-6H2,1-3H3,(H,14,15);1H. The Morgan fingerprint density at radius 3 is 2.59 bits per heavy atom. The molecule has 0 saturated carbocycles. The summed E-state index contributed by atoms with van der Waals surface area (Å²) in [4.78, 5) is 11.5. The first-order valence-corrected chi connectivity index (χ1v) is 5.20. The number of carbonyl (C=O) groups excluding carboxylic acids is 1. The second-order valence-electron chi connectivity index (χ2n) is 4.68. The quantitative estimate of drug-likeness (QED) is 0.801. The summed E-state index contributed by atoms with van der Waals surface area (Å²) in [7, 11) is 1.54. The zero-order chi connectivity index (χ0) is 12.4. The van der Waals surface area contributed by atoms with Crippen LogP contribution in [0.25, 0.3) is 0 Å². The summed E-state index contributed by atoms with van der Waals surface area (Å²) in [5.41, 5.74) is -0.489. The molecule has 2 N–H and O–H groups in total. The van der Waals surface area contributed by atoms with Crippen LogP contribution in [0.4, 0.5) is 8.78 Å². The van der Waals surface area contributed by atoms with Crippen molar-refractivity contribution >= 4 is 18.3 Å². The van der Waals surface area contributed by atoms with E-state index in [1.54, 1.807) is 0 Å².